The molecule has 2 N–H and O–H groups in total. The smallest absolute Gasteiger partial charge is 0.326 e. The number of nitrogens with zero attached hydrogens (tertiary/aromatic N) is 1. The van der Waals surface area contributed by atoms with Crippen LogP contribution in [0.15, 0.2) is 18.5 Å². The Morgan fingerprint density at radius 3 is 2.55 bits per heavy atom. The van der Waals surface area contributed by atoms with Gasteiger partial charge in [-0.05, 0) is 45.3 Å². The lowest BCUT2D eigenvalue weighted by molar-refractivity contribution is -0.139. The number of aliphatic carboxylic acids is 1. The molecule has 1 atom stereocenters. The standard InChI is InChI=1S/C14H22N2O3S/c1-14(2,3)16-7-5-10(9-16)12(17)15-11(13(18)19)6-8-20-4/h5,7,9,11H,6,8H2,1-4H3,(H,15,17)(H,18,19)/t11-/m1/s1. The molecule has 0 bridgehead atoms. The molecule has 0 aromatic carbocycles. The van der Waals surface area contributed by atoms with Crippen LogP contribution in [0.3, 0.4) is 0 Å². The molecule has 0 saturated heterocycles. The topological polar surface area (TPSA) is 71.3 Å². The number of thioether (sulfide) groups is 1. The van der Waals surface area contributed by atoms with Crippen LogP contribution >= 0.6 is 11.8 Å². The summed E-state index contributed by atoms with van der Waals surface area (Å²) in [7, 11) is 0. The van der Waals surface area contributed by atoms with Crippen molar-refractivity contribution in [3.8, 4) is 0 Å². The fourth-order valence-corrected chi connectivity index (χ4v) is 2.15. The van der Waals surface area contributed by atoms with Crippen molar-refractivity contribution >= 4 is 23.6 Å². The van der Waals surface area contributed by atoms with Crippen molar-refractivity contribution in [3.05, 3.63) is 24.0 Å². The van der Waals surface area contributed by atoms with Gasteiger partial charge >= 0.3 is 5.97 Å². The highest BCUT2D eigenvalue weighted by atomic mass is 32.2. The van der Waals surface area contributed by atoms with Crippen LogP contribution < -0.4 is 5.32 Å². The van der Waals surface area contributed by atoms with Crippen molar-refractivity contribution in [3.63, 3.8) is 0 Å². The Labute approximate surface area is 123 Å². The minimum Gasteiger partial charge on any atom is -0.480 e. The van der Waals surface area contributed by atoms with Crippen LogP contribution in [0.25, 0.3) is 0 Å². The molecule has 6 heteroatoms. The predicted molar refractivity (Wildman–Crippen MR) is 81.3 cm³/mol. The monoisotopic (exact) mass is 298 g/mol. The highest BCUT2D eigenvalue weighted by Crippen LogP contribution is 2.15. The summed E-state index contributed by atoms with van der Waals surface area (Å²) < 4.78 is 1.93. The summed E-state index contributed by atoms with van der Waals surface area (Å²) in [4.78, 5) is 23.2. The van der Waals surface area contributed by atoms with Crippen molar-refractivity contribution in [2.75, 3.05) is 12.0 Å². The summed E-state index contributed by atoms with van der Waals surface area (Å²) in [6, 6.07) is 0.863. The van der Waals surface area contributed by atoms with Gasteiger partial charge in [-0.2, -0.15) is 11.8 Å². The first-order valence-corrected chi connectivity index (χ1v) is 7.86. The Kier molecular flexibility index (Phi) is 5.68. The zero-order valence-corrected chi connectivity index (χ0v) is 13.2. The van der Waals surface area contributed by atoms with Gasteiger partial charge in [0.2, 0.25) is 0 Å². The van der Waals surface area contributed by atoms with Gasteiger partial charge in [-0.25, -0.2) is 4.79 Å². The van der Waals surface area contributed by atoms with E-state index in [-0.39, 0.29) is 11.4 Å². The lowest BCUT2D eigenvalue weighted by Crippen LogP contribution is -2.41. The number of carbonyl (C=O) groups excluding carboxylic acids is 1. The van der Waals surface area contributed by atoms with Crippen molar-refractivity contribution in [1.82, 2.24) is 9.88 Å². The van der Waals surface area contributed by atoms with Crippen molar-refractivity contribution in [2.45, 2.75) is 38.8 Å². The quantitative estimate of drug-likeness (QED) is 0.844. The van der Waals surface area contributed by atoms with E-state index in [1.807, 2.05) is 37.8 Å². The van der Waals surface area contributed by atoms with Crippen molar-refractivity contribution < 1.29 is 14.7 Å². The van der Waals surface area contributed by atoms with Crippen molar-refractivity contribution in [2.24, 2.45) is 0 Å². The Morgan fingerprint density at radius 2 is 2.10 bits per heavy atom. The zero-order valence-electron chi connectivity index (χ0n) is 12.3. The molecule has 1 aromatic heterocycles. The van der Waals surface area contributed by atoms with E-state index < -0.39 is 12.0 Å². The fourth-order valence-electron chi connectivity index (χ4n) is 1.68. The van der Waals surface area contributed by atoms with Crippen LogP contribution in [-0.2, 0) is 10.3 Å². The molecule has 0 aliphatic heterocycles. The fraction of sp³-hybridized carbons (Fsp3) is 0.571. The summed E-state index contributed by atoms with van der Waals surface area (Å²) in [5.41, 5.74) is 0.374. The molecule has 0 aliphatic carbocycles. The number of nitrogens with one attached hydrogen (secondary N) is 1. The second-order valence-corrected chi connectivity index (χ2v) is 6.61. The lowest BCUT2D eigenvalue weighted by Gasteiger charge is -2.20. The third kappa shape index (κ3) is 4.59. The Morgan fingerprint density at radius 1 is 1.45 bits per heavy atom. The number of rotatable bonds is 6. The van der Waals surface area contributed by atoms with Gasteiger partial charge in [0.1, 0.15) is 6.04 Å². The molecule has 0 unspecified atom stereocenters. The van der Waals surface area contributed by atoms with Gasteiger partial charge in [0.05, 0.1) is 5.56 Å². The van der Waals surface area contributed by atoms with Gasteiger partial charge in [-0.1, -0.05) is 0 Å². The average molecular weight is 298 g/mol. The summed E-state index contributed by atoms with van der Waals surface area (Å²) in [5.74, 6) is -0.649. The predicted octanol–water partition coefficient (Wildman–Crippen LogP) is 2.18. The van der Waals surface area contributed by atoms with Gasteiger partial charge in [0, 0.05) is 17.9 Å². The molecule has 1 heterocycles. The van der Waals surface area contributed by atoms with Gasteiger partial charge in [0.15, 0.2) is 0 Å². The first-order valence-electron chi connectivity index (χ1n) is 6.47. The van der Waals surface area contributed by atoms with Crippen LogP contribution in [-0.4, -0.2) is 39.6 Å². The molecule has 0 fully saturated rings. The SMILES string of the molecule is CSCC[C@@H](NC(=O)c1ccn(C(C)(C)C)c1)C(=O)O. The van der Waals surface area contributed by atoms with E-state index in [1.54, 1.807) is 24.0 Å². The second-order valence-electron chi connectivity index (χ2n) is 5.62. The number of hydrogen-bond donors (Lipinski definition) is 2. The molecular formula is C14H22N2O3S. The average Bonchev–Trinajstić information content (AvgIpc) is 2.83. The van der Waals surface area contributed by atoms with Crippen LogP contribution in [0.1, 0.15) is 37.6 Å². The Balaban J connectivity index is 2.74. The molecule has 0 radical (unpaired) electrons. The first-order chi connectivity index (χ1) is 9.25. The summed E-state index contributed by atoms with van der Waals surface area (Å²) in [6.45, 7) is 6.10. The van der Waals surface area contributed by atoms with Crippen LogP contribution in [0, 0.1) is 0 Å². The molecule has 0 spiro atoms. The third-order valence-corrected chi connectivity index (χ3v) is 3.59. The number of amides is 1. The van der Waals surface area contributed by atoms with E-state index in [2.05, 4.69) is 5.32 Å². The molecule has 1 amide bonds. The highest BCUT2D eigenvalue weighted by molar-refractivity contribution is 7.98. The molecule has 112 valence electrons. The first kappa shape index (κ1) is 16.6. The molecule has 20 heavy (non-hydrogen) atoms. The van der Waals surface area contributed by atoms with Crippen LogP contribution in [0.4, 0.5) is 0 Å². The summed E-state index contributed by atoms with van der Waals surface area (Å²) in [5, 5.41) is 11.7. The minimum atomic E-state index is -0.998. The summed E-state index contributed by atoms with van der Waals surface area (Å²) >= 11 is 1.56. The molecular weight excluding hydrogens is 276 g/mol. The van der Waals surface area contributed by atoms with Gasteiger partial charge in [0.25, 0.3) is 5.91 Å². The van der Waals surface area contributed by atoms with E-state index in [9.17, 15) is 9.59 Å². The van der Waals surface area contributed by atoms with Crippen molar-refractivity contribution in [1.29, 1.82) is 0 Å². The molecule has 0 saturated carbocycles. The maximum atomic E-state index is 12.1. The maximum absolute atomic E-state index is 12.1. The van der Waals surface area contributed by atoms with E-state index in [1.165, 1.54) is 0 Å². The zero-order chi connectivity index (χ0) is 15.3. The molecule has 1 rings (SSSR count). The number of hydrogen-bond acceptors (Lipinski definition) is 3. The lowest BCUT2D eigenvalue weighted by atomic mass is 10.1. The van der Waals surface area contributed by atoms with Crippen LogP contribution in [0.2, 0.25) is 0 Å². The van der Waals surface area contributed by atoms with Crippen LogP contribution in [0.5, 0.6) is 0 Å². The van der Waals surface area contributed by atoms with E-state index in [4.69, 9.17) is 5.11 Å². The third-order valence-electron chi connectivity index (χ3n) is 2.94. The molecule has 0 aliphatic rings. The number of carboxylic acids is 1. The number of carbonyl (C=O) groups is 2. The largest absolute Gasteiger partial charge is 0.480 e. The highest BCUT2D eigenvalue weighted by Gasteiger charge is 2.21. The number of carboxylic acid groups (broad SMARTS) is 1. The van der Waals surface area contributed by atoms with E-state index in [0.717, 1.165) is 0 Å². The van der Waals surface area contributed by atoms with Gasteiger partial charge in [-0.15, -0.1) is 0 Å². The Bertz CT molecular complexity index is 477. The Hall–Kier alpha value is -1.43. The molecule has 1 aromatic rings. The van der Waals surface area contributed by atoms with E-state index in [0.29, 0.717) is 17.7 Å². The second kappa shape index (κ2) is 6.83. The van der Waals surface area contributed by atoms with Gasteiger partial charge in [-0.3, -0.25) is 4.79 Å². The van der Waals surface area contributed by atoms with Gasteiger partial charge < -0.3 is 15.0 Å². The maximum Gasteiger partial charge on any atom is 0.326 e. The molecule has 5 nitrogen and oxygen atoms in total. The minimum absolute atomic E-state index is 0.108. The van der Waals surface area contributed by atoms with E-state index >= 15 is 0 Å². The number of aromatic nitrogens is 1. The normalized spacial score (nSPS) is 13.0. The summed E-state index contributed by atoms with van der Waals surface area (Å²) in [6.07, 6.45) is 5.89.